The van der Waals surface area contributed by atoms with Crippen LogP contribution in [0.1, 0.15) is 24.0 Å². The molecule has 2 N–H and O–H groups in total. The molecule has 0 spiro atoms. The second kappa shape index (κ2) is 18.6. The third-order valence-corrected chi connectivity index (χ3v) is 18.6. The first kappa shape index (κ1) is 42.0. The summed E-state index contributed by atoms with van der Waals surface area (Å²) in [6.07, 6.45) is 11.6. The number of aromatic hydroxyl groups is 1. The van der Waals surface area contributed by atoms with Crippen LogP contribution >= 0.6 is 18.9 Å². The van der Waals surface area contributed by atoms with Gasteiger partial charge in [-0.2, -0.15) is 0 Å². The molecule has 314 valence electrons. The van der Waals surface area contributed by atoms with Crippen LogP contribution in [0.4, 0.5) is 0 Å². The smallest absolute Gasteiger partial charge is 0.260 e. The molecule has 6 aromatic carbocycles. The Morgan fingerprint density at radius 2 is 1.41 bits per heavy atom. The van der Waals surface area contributed by atoms with Crippen LogP contribution in [0.25, 0.3) is 55.7 Å². The van der Waals surface area contributed by atoms with Gasteiger partial charge in [-0.15, -0.1) is 6.58 Å². The number of nitrogens with one attached hydrogen (secondary N) is 1. The van der Waals surface area contributed by atoms with Gasteiger partial charge >= 0.3 is 0 Å². The molecule has 8 heteroatoms. The van der Waals surface area contributed by atoms with Crippen molar-refractivity contribution < 1.29 is 9.84 Å². The van der Waals surface area contributed by atoms with Crippen molar-refractivity contribution in [3.8, 4) is 56.3 Å². The minimum atomic E-state index is -1.41. The van der Waals surface area contributed by atoms with E-state index in [0.717, 1.165) is 57.4 Å². The molecule has 2 aromatic heterocycles. The average Bonchev–Trinajstić information content (AvgIpc) is 3.33. The highest BCUT2D eigenvalue weighted by molar-refractivity contribution is 7.76. The van der Waals surface area contributed by atoms with Gasteiger partial charge in [0.15, 0.2) is 0 Å². The van der Waals surface area contributed by atoms with Crippen LogP contribution in [0, 0.1) is 11.8 Å². The van der Waals surface area contributed by atoms with Crippen LogP contribution in [0.5, 0.6) is 11.5 Å². The molecule has 4 atom stereocenters. The van der Waals surface area contributed by atoms with Gasteiger partial charge in [-0.3, -0.25) is 9.78 Å². The van der Waals surface area contributed by atoms with Crippen molar-refractivity contribution in [2.24, 2.45) is 11.8 Å². The Balaban J connectivity index is 0.000000210. The highest BCUT2D eigenvalue weighted by Crippen LogP contribution is 2.75. The van der Waals surface area contributed by atoms with E-state index in [1.165, 1.54) is 47.4 Å². The molecular formula is C55H50ClN3O3P+. The van der Waals surface area contributed by atoms with Crippen LogP contribution in [0.15, 0.2) is 181 Å². The Bertz CT molecular complexity index is 2870. The molecule has 4 unspecified atom stereocenters. The maximum absolute atomic E-state index is 12.3. The number of aromatic amines is 1. The van der Waals surface area contributed by atoms with Gasteiger partial charge in [-0.05, 0) is 83.0 Å². The van der Waals surface area contributed by atoms with Crippen LogP contribution in [-0.2, 0) is 12.6 Å². The maximum atomic E-state index is 12.3. The summed E-state index contributed by atoms with van der Waals surface area (Å²) in [4.78, 5) is 23.9. The van der Waals surface area contributed by atoms with E-state index in [9.17, 15) is 9.90 Å². The first-order valence-corrected chi connectivity index (χ1v) is 24.4. The number of rotatable bonds is 10. The van der Waals surface area contributed by atoms with E-state index in [4.69, 9.17) is 16.3 Å². The van der Waals surface area contributed by atoms with Crippen molar-refractivity contribution in [2.75, 3.05) is 19.4 Å². The standard InChI is InChI=1S/C39H38NO2P.C16H11ClN2O/c1-3-28-26-43(19-17-31(28)22-34(43)23-32-16-18-40-38-15-14-33(41)24-35(32)38)25-27-20-36(29-10-6-4-7-11-29)39(42-2)37(21-27)30-12-8-5-9-13-30;17-14-13(11-7-3-1-4-8-11)16(20)19-15(18-14)12-9-5-2-6-10-12/h3-16,18,20-21,24,28,31,34H,1,17,19,22-23,25-26H2,2H3;1-10H,(H,18,19,20)/p+1. The summed E-state index contributed by atoms with van der Waals surface area (Å²) < 4.78 is 6.14. The van der Waals surface area contributed by atoms with E-state index >= 15 is 0 Å². The Hall–Kier alpha value is -6.33. The minimum absolute atomic E-state index is 0.207. The Morgan fingerprint density at radius 3 is 2.00 bits per heavy atom. The fraction of sp³-hybridized carbons (Fsp3) is 0.182. The van der Waals surface area contributed by atoms with Crippen molar-refractivity contribution in [1.29, 1.82) is 0 Å². The number of phenolic OH excluding ortho intramolecular Hbond substituents is 1. The molecular weight excluding hydrogens is 817 g/mol. The molecule has 8 aromatic rings. The van der Waals surface area contributed by atoms with Gasteiger partial charge in [0, 0.05) is 47.9 Å². The number of benzene rings is 6. The molecule has 0 saturated carbocycles. The number of halogens is 1. The van der Waals surface area contributed by atoms with E-state index in [2.05, 4.69) is 106 Å². The van der Waals surface area contributed by atoms with Crippen LogP contribution in [0.3, 0.4) is 0 Å². The maximum Gasteiger partial charge on any atom is 0.260 e. The number of fused-ring (bicyclic) bond motifs is 4. The quantitative estimate of drug-likeness (QED) is 0.0812. The number of ether oxygens (including phenoxy) is 1. The predicted octanol–water partition coefficient (Wildman–Crippen LogP) is 13.4. The first-order chi connectivity index (χ1) is 30.8. The third-order valence-electron chi connectivity index (χ3n) is 13.1. The number of pyridine rings is 1. The molecule has 5 heterocycles. The van der Waals surface area contributed by atoms with Gasteiger partial charge in [0.25, 0.3) is 5.56 Å². The Kier molecular flexibility index (Phi) is 12.4. The molecule has 3 fully saturated rings. The predicted molar refractivity (Wildman–Crippen MR) is 262 cm³/mol. The number of allylic oxidation sites excluding steroid dienone is 1. The zero-order chi connectivity index (χ0) is 43.3. The number of phenols is 1. The number of nitrogens with zero attached hydrogens (tertiary/aromatic N) is 2. The minimum Gasteiger partial charge on any atom is -0.508 e. The largest absolute Gasteiger partial charge is 0.508 e. The molecule has 3 aliphatic heterocycles. The number of hydrogen-bond donors (Lipinski definition) is 2. The topological polar surface area (TPSA) is 88.1 Å². The van der Waals surface area contributed by atoms with E-state index in [1.54, 1.807) is 13.2 Å². The summed E-state index contributed by atoms with van der Waals surface area (Å²) in [6.45, 7) is 4.30. The number of aromatic nitrogens is 3. The summed E-state index contributed by atoms with van der Waals surface area (Å²) in [5.74, 6) is 3.05. The number of methoxy groups -OCH3 is 1. The van der Waals surface area contributed by atoms with Gasteiger partial charge in [0.1, 0.15) is 22.5 Å². The number of hydrogen-bond acceptors (Lipinski definition) is 5. The molecule has 6 nitrogen and oxygen atoms in total. The van der Waals surface area contributed by atoms with Gasteiger partial charge in [0.2, 0.25) is 0 Å². The SMILES string of the molecule is C=CC1C[P+]2(Cc3cc(-c4ccccc4)c(OC)c(-c4ccccc4)c3)CCC1CC2Cc1ccnc2ccc(O)cc12.O=c1[nH]c(-c2ccccc2)nc(Cl)c1-c1ccccc1. The van der Waals surface area contributed by atoms with Crippen molar-refractivity contribution in [2.45, 2.75) is 31.1 Å². The lowest BCUT2D eigenvalue weighted by atomic mass is 9.84. The molecule has 63 heavy (non-hydrogen) atoms. The van der Waals surface area contributed by atoms with Crippen molar-refractivity contribution in [3.05, 3.63) is 203 Å². The normalized spacial score (nSPS) is 18.9. The summed E-state index contributed by atoms with van der Waals surface area (Å²) in [5.41, 5.74) is 10.8. The second-order valence-electron chi connectivity index (χ2n) is 16.8. The molecule has 0 amide bonds. The zero-order valence-corrected chi connectivity index (χ0v) is 37.0. The molecule has 3 saturated heterocycles. The lowest BCUT2D eigenvalue weighted by molar-refractivity contribution is 0.334. The van der Waals surface area contributed by atoms with Crippen molar-refractivity contribution >= 4 is 29.8 Å². The fourth-order valence-electron chi connectivity index (χ4n) is 10.00. The third kappa shape index (κ3) is 8.84. The van der Waals surface area contributed by atoms with Crippen molar-refractivity contribution in [1.82, 2.24) is 15.0 Å². The van der Waals surface area contributed by atoms with Gasteiger partial charge < -0.3 is 14.8 Å². The second-order valence-corrected chi connectivity index (χ2v) is 21.4. The van der Waals surface area contributed by atoms with E-state index in [0.29, 0.717) is 28.7 Å². The van der Waals surface area contributed by atoms with Gasteiger partial charge in [-0.25, -0.2) is 4.98 Å². The summed E-state index contributed by atoms with van der Waals surface area (Å²) in [5, 5.41) is 11.6. The summed E-state index contributed by atoms with van der Waals surface area (Å²) in [6, 6.07) is 52.6. The Morgan fingerprint density at radius 1 is 0.810 bits per heavy atom. The van der Waals surface area contributed by atoms with Gasteiger partial charge in [0.05, 0.1) is 42.3 Å². The molecule has 0 aliphatic carbocycles. The van der Waals surface area contributed by atoms with Crippen LogP contribution in [-0.4, -0.2) is 45.2 Å². The number of H-pyrrole nitrogens is 1. The van der Waals surface area contributed by atoms with E-state index in [1.807, 2.05) is 79.0 Å². The van der Waals surface area contributed by atoms with Crippen LogP contribution in [0.2, 0.25) is 5.15 Å². The fourth-order valence-corrected chi connectivity index (χ4v) is 16.0. The molecule has 2 bridgehead atoms. The van der Waals surface area contributed by atoms with Crippen LogP contribution < -0.4 is 10.3 Å². The summed E-state index contributed by atoms with van der Waals surface area (Å²) in [7, 11) is 0.389. The van der Waals surface area contributed by atoms with Gasteiger partial charge in [-0.1, -0.05) is 139 Å². The first-order valence-electron chi connectivity index (χ1n) is 21.6. The monoisotopic (exact) mass is 866 g/mol. The lowest BCUT2D eigenvalue weighted by Gasteiger charge is -2.50. The zero-order valence-electron chi connectivity index (χ0n) is 35.3. The average molecular weight is 867 g/mol. The highest BCUT2D eigenvalue weighted by Gasteiger charge is 2.56. The van der Waals surface area contributed by atoms with E-state index < -0.39 is 7.26 Å². The Labute approximate surface area is 374 Å². The lowest BCUT2D eigenvalue weighted by Crippen LogP contribution is -2.42. The summed E-state index contributed by atoms with van der Waals surface area (Å²) >= 11 is 6.19. The highest BCUT2D eigenvalue weighted by atomic mass is 35.5. The molecule has 0 radical (unpaired) electrons. The molecule has 11 rings (SSSR count). The molecule has 3 aliphatic rings. The van der Waals surface area contributed by atoms with Crippen molar-refractivity contribution in [3.63, 3.8) is 0 Å². The van der Waals surface area contributed by atoms with E-state index in [-0.39, 0.29) is 10.7 Å².